The van der Waals surface area contributed by atoms with Crippen LogP contribution in [0.25, 0.3) is 0 Å². The van der Waals surface area contributed by atoms with Crippen LogP contribution in [-0.4, -0.2) is 37.9 Å². The van der Waals surface area contributed by atoms with Gasteiger partial charge in [0.1, 0.15) is 0 Å². The highest BCUT2D eigenvalue weighted by atomic mass is 16.5. The summed E-state index contributed by atoms with van der Waals surface area (Å²) in [6.07, 6.45) is 3.60. The van der Waals surface area contributed by atoms with E-state index in [1.165, 1.54) is 12.8 Å². The van der Waals surface area contributed by atoms with E-state index in [1.807, 2.05) is 0 Å². The smallest absolute Gasteiger partial charge is 0.315 e. The molecule has 2 rings (SSSR count). The highest BCUT2D eigenvalue weighted by Crippen LogP contribution is 2.29. The zero-order chi connectivity index (χ0) is 15.9. The number of aliphatic hydroxyl groups is 1. The quantitative estimate of drug-likeness (QED) is 0.751. The average Bonchev–Trinajstić information content (AvgIpc) is 3.04. The molecule has 0 unspecified atom stereocenters. The molecule has 3 N–H and O–H groups in total. The monoisotopic (exact) mass is 308 g/mol. The fourth-order valence-corrected chi connectivity index (χ4v) is 2.67. The maximum Gasteiger partial charge on any atom is 0.315 e. The maximum atomic E-state index is 11.8. The first-order chi connectivity index (χ1) is 10.6. The molecule has 1 aromatic rings. The molecule has 1 aromatic carbocycles. The lowest BCUT2D eigenvalue weighted by Crippen LogP contribution is -2.42. The molecule has 6 nitrogen and oxygen atoms in total. The van der Waals surface area contributed by atoms with Crippen molar-refractivity contribution in [1.82, 2.24) is 10.6 Å². The predicted octanol–water partition coefficient (Wildman–Crippen LogP) is 1.98. The summed E-state index contributed by atoms with van der Waals surface area (Å²) in [5.74, 6) is 1.15. The summed E-state index contributed by atoms with van der Waals surface area (Å²) in [4.78, 5) is 11.8. The molecule has 2 amide bonds. The van der Waals surface area contributed by atoms with Crippen LogP contribution in [-0.2, 0) is 0 Å². The number of ether oxygens (including phenoxy) is 2. The second-order valence-corrected chi connectivity index (χ2v) is 5.47. The molecule has 0 heterocycles. The Kier molecular flexibility index (Phi) is 5.89. The Morgan fingerprint density at radius 1 is 1.27 bits per heavy atom. The number of methoxy groups -OCH3 is 2. The standard InChI is InChI=1S/C16H24N2O4/c1-21-14-8-7-11(9-15(14)22-2)13(19)10-17-16(20)18-12-5-3-4-6-12/h7-9,12-13,19H,3-6,10H2,1-2H3,(H2,17,18,20)/t13-/m1/s1. The van der Waals surface area contributed by atoms with Crippen molar-refractivity contribution >= 4 is 6.03 Å². The fourth-order valence-electron chi connectivity index (χ4n) is 2.67. The van der Waals surface area contributed by atoms with Gasteiger partial charge in [-0.3, -0.25) is 0 Å². The highest BCUT2D eigenvalue weighted by Gasteiger charge is 2.18. The molecule has 1 fully saturated rings. The summed E-state index contributed by atoms with van der Waals surface area (Å²) in [6, 6.07) is 5.23. The Balaban J connectivity index is 1.85. The Hall–Kier alpha value is -1.95. The van der Waals surface area contributed by atoms with Gasteiger partial charge < -0.3 is 25.2 Å². The average molecular weight is 308 g/mol. The van der Waals surface area contributed by atoms with Gasteiger partial charge in [0.05, 0.1) is 20.3 Å². The topological polar surface area (TPSA) is 79.8 Å². The number of nitrogens with one attached hydrogen (secondary N) is 2. The first-order valence-electron chi connectivity index (χ1n) is 7.58. The molecule has 0 aromatic heterocycles. The number of benzene rings is 1. The zero-order valence-electron chi connectivity index (χ0n) is 13.1. The van der Waals surface area contributed by atoms with E-state index in [-0.39, 0.29) is 18.6 Å². The number of hydrogen-bond donors (Lipinski definition) is 3. The van der Waals surface area contributed by atoms with Crippen LogP contribution in [0, 0.1) is 0 Å². The van der Waals surface area contributed by atoms with Crippen LogP contribution in [0.2, 0.25) is 0 Å². The van der Waals surface area contributed by atoms with Gasteiger partial charge in [-0.25, -0.2) is 4.79 Å². The van der Waals surface area contributed by atoms with Crippen molar-refractivity contribution in [1.29, 1.82) is 0 Å². The molecule has 22 heavy (non-hydrogen) atoms. The minimum atomic E-state index is -0.797. The van der Waals surface area contributed by atoms with E-state index in [2.05, 4.69) is 10.6 Å². The fraction of sp³-hybridized carbons (Fsp3) is 0.562. The molecule has 0 saturated heterocycles. The summed E-state index contributed by atoms with van der Waals surface area (Å²) >= 11 is 0. The van der Waals surface area contributed by atoms with E-state index in [0.29, 0.717) is 17.1 Å². The molecule has 0 radical (unpaired) electrons. The van der Waals surface area contributed by atoms with Crippen molar-refractivity contribution in [2.24, 2.45) is 0 Å². The van der Waals surface area contributed by atoms with Crippen LogP contribution in [0.1, 0.15) is 37.4 Å². The van der Waals surface area contributed by atoms with Crippen LogP contribution in [0.5, 0.6) is 11.5 Å². The first-order valence-corrected chi connectivity index (χ1v) is 7.58. The van der Waals surface area contributed by atoms with E-state index in [9.17, 15) is 9.90 Å². The zero-order valence-corrected chi connectivity index (χ0v) is 13.1. The van der Waals surface area contributed by atoms with Gasteiger partial charge in [-0.2, -0.15) is 0 Å². The lowest BCUT2D eigenvalue weighted by molar-refractivity contribution is 0.172. The molecular formula is C16H24N2O4. The van der Waals surface area contributed by atoms with Crippen LogP contribution in [0.4, 0.5) is 4.79 Å². The molecule has 0 aliphatic heterocycles. The van der Waals surface area contributed by atoms with Gasteiger partial charge in [-0.05, 0) is 30.5 Å². The van der Waals surface area contributed by atoms with Crippen molar-refractivity contribution < 1.29 is 19.4 Å². The second kappa shape index (κ2) is 7.89. The number of hydrogen-bond acceptors (Lipinski definition) is 4. The number of carbonyl (C=O) groups is 1. The van der Waals surface area contributed by atoms with Gasteiger partial charge in [0.2, 0.25) is 0 Å². The normalized spacial score (nSPS) is 16.1. The molecule has 1 atom stereocenters. The summed E-state index contributed by atoms with van der Waals surface area (Å²) in [7, 11) is 3.10. The van der Waals surface area contributed by atoms with Gasteiger partial charge in [0.15, 0.2) is 11.5 Å². The van der Waals surface area contributed by atoms with Crippen LogP contribution in [0.15, 0.2) is 18.2 Å². The number of rotatable bonds is 6. The SMILES string of the molecule is COc1ccc([C@H](O)CNC(=O)NC2CCCC2)cc1OC. The molecular weight excluding hydrogens is 284 g/mol. The number of urea groups is 1. The number of amides is 2. The highest BCUT2D eigenvalue weighted by molar-refractivity contribution is 5.74. The Morgan fingerprint density at radius 2 is 1.95 bits per heavy atom. The minimum absolute atomic E-state index is 0.147. The predicted molar refractivity (Wildman–Crippen MR) is 83.3 cm³/mol. The van der Waals surface area contributed by atoms with Crippen molar-refractivity contribution in [3.8, 4) is 11.5 Å². The third-order valence-electron chi connectivity index (χ3n) is 3.94. The third kappa shape index (κ3) is 4.27. The Morgan fingerprint density at radius 3 is 2.59 bits per heavy atom. The molecule has 0 spiro atoms. The lowest BCUT2D eigenvalue weighted by atomic mass is 10.1. The molecule has 1 aliphatic carbocycles. The van der Waals surface area contributed by atoms with Crippen molar-refractivity contribution in [2.45, 2.75) is 37.8 Å². The van der Waals surface area contributed by atoms with Crippen LogP contribution < -0.4 is 20.1 Å². The first kappa shape index (κ1) is 16.4. The Labute approximate surface area is 130 Å². The van der Waals surface area contributed by atoms with Gasteiger partial charge in [-0.15, -0.1) is 0 Å². The van der Waals surface area contributed by atoms with Crippen LogP contribution in [0.3, 0.4) is 0 Å². The van der Waals surface area contributed by atoms with Crippen molar-refractivity contribution in [2.75, 3.05) is 20.8 Å². The molecule has 6 heteroatoms. The van der Waals surface area contributed by atoms with E-state index in [0.717, 1.165) is 12.8 Å². The van der Waals surface area contributed by atoms with E-state index in [4.69, 9.17) is 9.47 Å². The lowest BCUT2D eigenvalue weighted by Gasteiger charge is -2.17. The van der Waals surface area contributed by atoms with Gasteiger partial charge in [0.25, 0.3) is 0 Å². The maximum absolute atomic E-state index is 11.8. The molecule has 0 bridgehead atoms. The molecule has 1 saturated carbocycles. The van der Waals surface area contributed by atoms with Crippen LogP contribution >= 0.6 is 0 Å². The number of aliphatic hydroxyl groups excluding tert-OH is 1. The summed E-state index contributed by atoms with van der Waals surface area (Å²) in [6.45, 7) is 0.147. The van der Waals surface area contributed by atoms with E-state index in [1.54, 1.807) is 32.4 Å². The second-order valence-electron chi connectivity index (χ2n) is 5.47. The van der Waals surface area contributed by atoms with Gasteiger partial charge >= 0.3 is 6.03 Å². The van der Waals surface area contributed by atoms with Gasteiger partial charge in [0, 0.05) is 12.6 Å². The van der Waals surface area contributed by atoms with Crippen molar-refractivity contribution in [3.05, 3.63) is 23.8 Å². The third-order valence-corrected chi connectivity index (χ3v) is 3.94. The van der Waals surface area contributed by atoms with Gasteiger partial charge in [-0.1, -0.05) is 18.9 Å². The summed E-state index contributed by atoms with van der Waals surface area (Å²) in [5.41, 5.74) is 0.666. The van der Waals surface area contributed by atoms with E-state index < -0.39 is 6.10 Å². The number of carbonyl (C=O) groups excluding carboxylic acids is 1. The summed E-state index contributed by atoms with van der Waals surface area (Å²) in [5, 5.41) is 15.8. The minimum Gasteiger partial charge on any atom is -0.493 e. The summed E-state index contributed by atoms with van der Waals surface area (Å²) < 4.78 is 10.4. The Bertz CT molecular complexity index is 501. The van der Waals surface area contributed by atoms with Crippen molar-refractivity contribution in [3.63, 3.8) is 0 Å². The molecule has 122 valence electrons. The largest absolute Gasteiger partial charge is 0.493 e. The molecule has 1 aliphatic rings. The van der Waals surface area contributed by atoms with E-state index >= 15 is 0 Å².